The molecule has 0 aromatic heterocycles. The first-order valence-electron chi connectivity index (χ1n) is 5.75. The number of hydrogen-bond acceptors (Lipinski definition) is 3. The maximum Gasteiger partial charge on any atom is 0.411 e. The van der Waals surface area contributed by atoms with Crippen molar-refractivity contribution in [2.75, 3.05) is 40.4 Å². The van der Waals surface area contributed by atoms with Crippen molar-refractivity contribution in [2.24, 2.45) is 5.92 Å². The number of alkyl halides is 3. The summed E-state index contributed by atoms with van der Waals surface area (Å²) in [5.74, 6) is 0.431. The van der Waals surface area contributed by atoms with Crippen LogP contribution in [0.2, 0.25) is 0 Å². The Morgan fingerprint density at radius 1 is 1.24 bits per heavy atom. The van der Waals surface area contributed by atoms with Crippen molar-refractivity contribution in [1.82, 2.24) is 10.2 Å². The second-order valence-corrected chi connectivity index (χ2v) is 4.73. The number of rotatable bonds is 8. The lowest BCUT2D eigenvalue weighted by molar-refractivity contribution is -0.173. The van der Waals surface area contributed by atoms with E-state index in [1.54, 1.807) is 0 Å². The first-order valence-corrected chi connectivity index (χ1v) is 5.75. The minimum atomic E-state index is -4.24. The molecule has 0 amide bonds. The lowest BCUT2D eigenvalue weighted by Crippen LogP contribution is -2.43. The minimum absolute atomic E-state index is 0.0795. The van der Waals surface area contributed by atoms with E-state index in [2.05, 4.69) is 23.9 Å². The maximum absolute atomic E-state index is 11.8. The molecule has 0 aromatic rings. The van der Waals surface area contributed by atoms with E-state index in [4.69, 9.17) is 0 Å². The molecule has 0 spiro atoms. The highest BCUT2D eigenvalue weighted by Gasteiger charge is 2.27. The standard InChI is InChI=1S/C11H23F3N2O/c1-9(2)10(7-16(3)4)15-5-6-17-8-11(12,13)14/h9-10,15H,5-8H2,1-4H3. The summed E-state index contributed by atoms with van der Waals surface area (Å²) in [6.45, 7) is 4.37. The maximum atomic E-state index is 11.8. The molecule has 104 valence electrons. The van der Waals surface area contributed by atoms with Crippen molar-refractivity contribution >= 4 is 0 Å². The molecule has 0 aliphatic carbocycles. The van der Waals surface area contributed by atoms with Crippen molar-refractivity contribution < 1.29 is 17.9 Å². The van der Waals surface area contributed by atoms with Gasteiger partial charge in [0, 0.05) is 19.1 Å². The van der Waals surface area contributed by atoms with E-state index in [9.17, 15) is 13.2 Å². The Morgan fingerprint density at radius 2 is 1.82 bits per heavy atom. The van der Waals surface area contributed by atoms with Crippen LogP contribution in [-0.4, -0.2) is 57.5 Å². The third-order valence-electron chi connectivity index (χ3n) is 2.29. The van der Waals surface area contributed by atoms with Gasteiger partial charge >= 0.3 is 6.18 Å². The molecule has 0 rings (SSSR count). The number of nitrogens with zero attached hydrogens (tertiary/aromatic N) is 1. The average molecular weight is 256 g/mol. The van der Waals surface area contributed by atoms with Gasteiger partial charge in [0.2, 0.25) is 0 Å². The molecule has 0 bridgehead atoms. The van der Waals surface area contributed by atoms with Crippen molar-refractivity contribution in [3.8, 4) is 0 Å². The van der Waals surface area contributed by atoms with Gasteiger partial charge in [-0.1, -0.05) is 13.8 Å². The molecule has 0 saturated carbocycles. The van der Waals surface area contributed by atoms with Gasteiger partial charge < -0.3 is 15.0 Å². The van der Waals surface area contributed by atoms with Crippen LogP contribution in [0.1, 0.15) is 13.8 Å². The largest absolute Gasteiger partial charge is 0.411 e. The zero-order valence-corrected chi connectivity index (χ0v) is 11.0. The molecular formula is C11H23F3N2O. The molecule has 6 heteroatoms. The smallest absolute Gasteiger partial charge is 0.371 e. The number of ether oxygens (including phenoxy) is 1. The predicted molar refractivity (Wildman–Crippen MR) is 62.1 cm³/mol. The summed E-state index contributed by atoms with van der Waals surface area (Å²) in [6.07, 6.45) is -4.24. The molecule has 0 aliphatic rings. The Kier molecular flexibility index (Phi) is 7.74. The third-order valence-corrected chi connectivity index (χ3v) is 2.29. The van der Waals surface area contributed by atoms with Crippen LogP contribution >= 0.6 is 0 Å². The lowest BCUT2D eigenvalue weighted by Gasteiger charge is -2.25. The Morgan fingerprint density at radius 3 is 2.24 bits per heavy atom. The molecule has 1 atom stereocenters. The Balaban J connectivity index is 3.69. The van der Waals surface area contributed by atoms with Crippen molar-refractivity contribution in [3.63, 3.8) is 0 Å². The first-order chi connectivity index (χ1) is 7.72. The summed E-state index contributed by atoms with van der Waals surface area (Å²) >= 11 is 0. The Hall–Kier alpha value is -0.330. The van der Waals surface area contributed by atoms with Crippen molar-refractivity contribution in [3.05, 3.63) is 0 Å². The molecule has 0 aliphatic heterocycles. The van der Waals surface area contributed by atoms with Gasteiger partial charge in [-0.3, -0.25) is 0 Å². The summed E-state index contributed by atoms with van der Waals surface area (Å²) in [5.41, 5.74) is 0. The van der Waals surface area contributed by atoms with Crippen LogP contribution in [0.4, 0.5) is 13.2 Å². The fourth-order valence-corrected chi connectivity index (χ4v) is 1.41. The van der Waals surface area contributed by atoms with Crippen molar-refractivity contribution in [2.45, 2.75) is 26.1 Å². The molecule has 0 saturated heterocycles. The Bertz CT molecular complexity index is 196. The number of hydrogen-bond donors (Lipinski definition) is 1. The van der Waals surface area contributed by atoms with E-state index < -0.39 is 12.8 Å². The van der Waals surface area contributed by atoms with Crippen LogP contribution in [0.15, 0.2) is 0 Å². The first kappa shape index (κ1) is 16.7. The molecule has 0 fully saturated rings. The van der Waals surface area contributed by atoms with Gasteiger partial charge in [0.25, 0.3) is 0 Å². The summed E-state index contributed by atoms with van der Waals surface area (Å²) < 4.78 is 39.9. The zero-order chi connectivity index (χ0) is 13.5. The molecule has 1 N–H and O–H groups in total. The molecule has 3 nitrogen and oxygen atoms in total. The monoisotopic (exact) mass is 256 g/mol. The number of nitrogens with one attached hydrogen (secondary N) is 1. The van der Waals surface area contributed by atoms with Gasteiger partial charge in [0.15, 0.2) is 0 Å². The van der Waals surface area contributed by atoms with Crippen LogP contribution in [0.25, 0.3) is 0 Å². The van der Waals surface area contributed by atoms with E-state index >= 15 is 0 Å². The van der Waals surface area contributed by atoms with E-state index in [1.807, 2.05) is 19.0 Å². The van der Waals surface area contributed by atoms with E-state index in [0.29, 0.717) is 12.5 Å². The quantitative estimate of drug-likeness (QED) is 0.670. The summed E-state index contributed by atoms with van der Waals surface area (Å²) in [7, 11) is 3.94. The van der Waals surface area contributed by atoms with Crippen molar-refractivity contribution in [1.29, 1.82) is 0 Å². The molecule has 0 aromatic carbocycles. The number of halogens is 3. The van der Waals surface area contributed by atoms with Crippen LogP contribution in [-0.2, 0) is 4.74 Å². The summed E-state index contributed by atoms with van der Waals surface area (Å²) in [6, 6.07) is 0.263. The van der Waals surface area contributed by atoms with Gasteiger partial charge in [-0.2, -0.15) is 13.2 Å². The molecule has 1 unspecified atom stereocenters. The van der Waals surface area contributed by atoms with Crippen LogP contribution < -0.4 is 5.32 Å². The number of likely N-dealkylation sites (N-methyl/N-ethyl adjacent to an activating group) is 1. The summed E-state index contributed by atoms with van der Waals surface area (Å²) in [5, 5.41) is 3.20. The van der Waals surface area contributed by atoms with Gasteiger partial charge in [0.05, 0.1) is 6.61 Å². The van der Waals surface area contributed by atoms with Crippen LogP contribution in [0.3, 0.4) is 0 Å². The molecule has 0 heterocycles. The van der Waals surface area contributed by atoms with E-state index in [1.165, 1.54) is 0 Å². The highest BCUT2D eigenvalue weighted by atomic mass is 19.4. The molecule has 0 radical (unpaired) electrons. The summed E-state index contributed by atoms with van der Waals surface area (Å²) in [4.78, 5) is 2.05. The van der Waals surface area contributed by atoms with E-state index in [0.717, 1.165) is 6.54 Å². The molecule has 17 heavy (non-hydrogen) atoms. The van der Waals surface area contributed by atoms with Gasteiger partial charge in [-0.05, 0) is 20.0 Å². The lowest BCUT2D eigenvalue weighted by atomic mass is 10.0. The van der Waals surface area contributed by atoms with Crippen LogP contribution in [0.5, 0.6) is 0 Å². The highest BCUT2D eigenvalue weighted by Crippen LogP contribution is 2.14. The Labute approximate surface area is 101 Å². The van der Waals surface area contributed by atoms with Gasteiger partial charge in [0.1, 0.15) is 6.61 Å². The average Bonchev–Trinajstić information content (AvgIpc) is 2.12. The topological polar surface area (TPSA) is 24.5 Å². The fourth-order valence-electron chi connectivity index (χ4n) is 1.41. The predicted octanol–water partition coefficient (Wildman–Crippen LogP) is 1.74. The van der Waals surface area contributed by atoms with Crippen LogP contribution in [0, 0.1) is 5.92 Å². The normalized spacial score (nSPS) is 14.6. The molecular weight excluding hydrogens is 233 g/mol. The second-order valence-electron chi connectivity index (χ2n) is 4.73. The fraction of sp³-hybridized carbons (Fsp3) is 1.00. The highest BCUT2D eigenvalue weighted by molar-refractivity contribution is 4.72. The third kappa shape index (κ3) is 10.5. The second kappa shape index (κ2) is 7.89. The SMILES string of the molecule is CC(C)C(CN(C)C)NCCOCC(F)(F)F. The zero-order valence-electron chi connectivity index (χ0n) is 11.0. The van der Waals surface area contributed by atoms with Gasteiger partial charge in [-0.25, -0.2) is 0 Å². The van der Waals surface area contributed by atoms with E-state index in [-0.39, 0.29) is 12.6 Å². The van der Waals surface area contributed by atoms with Gasteiger partial charge in [-0.15, -0.1) is 0 Å². The minimum Gasteiger partial charge on any atom is -0.371 e.